The molecule has 0 aromatic heterocycles. The second kappa shape index (κ2) is 7.99. The van der Waals surface area contributed by atoms with E-state index >= 15 is 0 Å². The van der Waals surface area contributed by atoms with Crippen molar-refractivity contribution in [3.63, 3.8) is 0 Å². The largest absolute Gasteiger partial charge is 0.292 e. The Bertz CT molecular complexity index is 923. The average Bonchev–Trinajstić information content (AvgIpc) is 2.58. The van der Waals surface area contributed by atoms with Crippen molar-refractivity contribution in [2.75, 3.05) is 5.43 Å². The zero-order chi connectivity index (χ0) is 18.6. The summed E-state index contributed by atoms with van der Waals surface area (Å²) in [5.74, 6) is -0.595. The van der Waals surface area contributed by atoms with Gasteiger partial charge in [-0.05, 0) is 48.9 Å². The van der Waals surface area contributed by atoms with Gasteiger partial charge in [-0.1, -0.05) is 36.2 Å². The third kappa shape index (κ3) is 4.60. The number of nitrogens with one attached hydrogen (secondary N) is 1. The maximum absolute atomic E-state index is 12.8. The number of carbonyl (C=O) groups excluding carboxylic acids is 1. The number of carbonyl (C=O) groups is 1. The fourth-order valence-electron chi connectivity index (χ4n) is 1.97. The average molecular weight is 399 g/mol. The van der Waals surface area contributed by atoms with Gasteiger partial charge in [0.25, 0.3) is 0 Å². The van der Waals surface area contributed by atoms with Crippen molar-refractivity contribution in [1.29, 1.82) is 0 Å². The zero-order valence-corrected chi connectivity index (χ0v) is 15.9. The number of ketones is 1. The summed E-state index contributed by atoms with van der Waals surface area (Å²) in [7, 11) is -4.08. The van der Waals surface area contributed by atoms with Gasteiger partial charge in [-0.3, -0.25) is 10.2 Å². The molecule has 25 heavy (non-hydrogen) atoms. The predicted octanol–water partition coefficient (Wildman–Crippen LogP) is 4.48. The monoisotopic (exact) mass is 398 g/mol. The standard InChI is InChI=1S/C17H16Cl2N2O3S/c1-3-16(22)17(21-20-15-10-13(19)5-4-11(15)2)25(23,24)14-8-6-12(18)7-9-14/h4-10,20H,3H2,1-2H3/b21-17+. The number of halogens is 2. The van der Waals surface area contributed by atoms with E-state index in [9.17, 15) is 13.2 Å². The van der Waals surface area contributed by atoms with E-state index in [-0.39, 0.29) is 11.3 Å². The van der Waals surface area contributed by atoms with Crippen LogP contribution in [0.1, 0.15) is 18.9 Å². The van der Waals surface area contributed by atoms with Crippen molar-refractivity contribution < 1.29 is 13.2 Å². The lowest BCUT2D eigenvalue weighted by Gasteiger charge is -2.09. The third-order valence-electron chi connectivity index (χ3n) is 3.42. The first-order chi connectivity index (χ1) is 11.8. The Labute approximate surface area is 156 Å². The molecule has 132 valence electrons. The van der Waals surface area contributed by atoms with Gasteiger partial charge in [0.05, 0.1) is 10.6 Å². The van der Waals surface area contributed by atoms with Crippen molar-refractivity contribution in [3.05, 3.63) is 58.1 Å². The molecule has 0 saturated heterocycles. The van der Waals surface area contributed by atoms with Gasteiger partial charge in [0.1, 0.15) is 0 Å². The summed E-state index contributed by atoms with van der Waals surface area (Å²) >= 11 is 11.7. The molecule has 0 atom stereocenters. The van der Waals surface area contributed by atoms with E-state index < -0.39 is 20.7 Å². The first kappa shape index (κ1) is 19.4. The smallest absolute Gasteiger partial charge is 0.229 e. The summed E-state index contributed by atoms with van der Waals surface area (Å²) in [5.41, 5.74) is 3.95. The predicted molar refractivity (Wildman–Crippen MR) is 101 cm³/mol. The van der Waals surface area contributed by atoms with Gasteiger partial charge in [-0.25, -0.2) is 8.42 Å². The fraction of sp³-hybridized carbons (Fsp3) is 0.176. The number of aryl methyl sites for hydroxylation is 1. The van der Waals surface area contributed by atoms with E-state index in [4.69, 9.17) is 23.2 Å². The van der Waals surface area contributed by atoms with Crippen LogP contribution in [0.5, 0.6) is 0 Å². The van der Waals surface area contributed by atoms with Gasteiger partial charge in [0.15, 0.2) is 5.78 Å². The molecule has 0 spiro atoms. The highest BCUT2D eigenvalue weighted by Gasteiger charge is 2.28. The molecule has 0 saturated carbocycles. The van der Waals surface area contributed by atoms with Crippen molar-refractivity contribution >= 4 is 49.6 Å². The summed E-state index contributed by atoms with van der Waals surface area (Å²) in [6.07, 6.45) is 0.00185. The maximum atomic E-state index is 12.8. The highest BCUT2D eigenvalue weighted by atomic mass is 35.5. The number of nitrogens with zero attached hydrogens (tertiary/aromatic N) is 1. The van der Waals surface area contributed by atoms with E-state index in [0.29, 0.717) is 15.7 Å². The Balaban J connectivity index is 2.47. The number of sulfone groups is 1. The number of benzene rings is 2. The molecule has 2 aromatic carbocycles. The lowest BCUT2D eigenvalue weighted by Crippen LogP contribution is -2.25. The first-order valence-electron chi connectivity index (χ1n) is 7.39. The van der Waals surface area contributed by atoms with Crippen LogP contribution in [0.3, 0.4) is 0 Å². The van der Waals surface area contributed by atoms with Crippen molar-refractivity contribution in [3.8, 4) is 0 Å². The highest BCUT2D eigenvalue weighted by Crippen LogP contribution is 2.21. The quantitative estimate of drug-likeness (QED) is 0.457. The van der Waals surface area contributed by atoms with Crippen LogP contribution in [0.2, 0.25) is 10.0 Å². The van der Waals surface area contributed by atoms with Gasteiger partial charge in [-0.2, -0.15) is 5.10 Å². The lowest BCUT2D eigenvalue weighted by atomic mass is 10.2. The molecule has 0 aliphatic rings. The molecule has 0 fully saturated rings. The summed E-state index contributed by atoms with van der Waals surface area (Å²) < 4.78 is 25.5. The van der Waals surface area contributed by atoms with Gasteiger partial charge in [-0.15, -0.1) is 0 Å². The summed E-state index contributed by atoms with van der Waals surface area (Å²) in [5, 5.41) is 4.18. The minimum absolute atomic E-state index is 0.00185. The Morgan fingerprint density at radius 2 is 1.68 bits per heavy atom. The van der Waals surface area contributed by atoms with Crippen LogP contribution in [0.4, 0.5) is 5.69 Å². The molecular weight excluding hydrogens is 383 g/mol. The molecular formula is C17H16Cl2N2O3S. The number of rotatable bonds is 5. The van der Waals surface area contributed by atoms with Crippen LogP contribution >= 0.6 is 23.2 Å². The van der Waals surface area contributed by atoms with Crippen molar-refractivity contribution in [2.24, 2.45) is 5.10 Å². The molecule has 2 rings (SSSR count). The number of hydrogen-bond acceptors (Lipinski definition) is 5. The highest BCUT2D eigenvalue weighted by molar-refractivity contribution is 8.08. The van der Waals surface area contributed by atoms with E-state index in [1.807, 2.05) is 6.92 Å². The van der Waals surface area contributed by atoms with E-state index in [2.05, 4.69) is 10.5 Å². The Kier molecular flexibility index (Phi) is 6.21. The lowest BCUT2D eigenvalue weighted by molar-refractivity contribution is -0.112. The fourth-order valence-corrected chi connectivity index (χ4v) is 3.60. The minimum atomic E-state index is -4.08. The maximum Gasteiger partial charge on any atom is 0.229 e. The van der Waals surface area contributed by atoms with Crippen LogP contribution in [0.15, 0.2) is 52.5 Å². The van der Waals surface area contributed by atoms with E-state index in [0.717, 1.165) is 5.56 Å². The SMILES string of the molecule is CCC(=O)/C(=N\Nc1cc(Cl)ccc1C)S(=O)(=O)c1ccc(Cl)cc1. The van der Waals surface area contributed by atoms with Gasteiger partial charge < -0.3 is 0 Å². The molecule has 2 aromatic rings. The second-order valence-electron chi connectivity index (χ2n) is 5.22. The summed E-state index contributed by atoms with van der Waals surface area (Å²) in [6.45, 7) is 3.38. The normalized spacial score (nSPS) is 12.1. The zero-order valence-electron chi connectivity index (χ0n) is 13.6. The number of hydrazone groups is 1. The summed E-state index contributed by atoms with van der Waals surface area (Å²) in [6, 6.07) is 10.6. The van der Waals surface area contributed by atoms with Gasteiger partial charge in [0.2, 0.25) is 14.9 Å². The summed E-state index contributed by atoms with van der Waals surface area (Å²) in [4.78, 5) is 12.1. The Hall–Kier alpha value is -1.89. The molecule has 0 unspecified atom stereocenters. The molecule has 0 radical (unpaired) electrons. The molecule has 0 heterocycles. The number of anilines is 1. The van der Waals surface area contributed by atoms with Crippen molar-refractivity contribution in [1.82, 2.24) is 0 Å². The minimum Gasteiger partial charge on any atom is -0.292 e. The molecule has 0 bridgehead atoms. The van der Waals surface area contributed by atoms with Gasteiger partial charge >= 0.3 is 0 Å². The van der Waals surface area contributed by atoms with E-state index in [1.54, 1.807) is 25.1 Å². The van der Waals surface area contributed by atoms with Crippen LogP contribution in [-0.4, -0.2) is 19.2 Å². The molecule has 0 amide bonds. The van der Waals surface area contributed by atoms with Crippen LogP contribution in [0, 0.1) is 6.92 Å². The second-order valence-corrected chi connectivity index (χ2v) is 7.96. The molecule has 8 heteroatoms. The first-order valence-corrected chi connectivity index (χ1v) is 9.63. The topological polar surface area (TPSA) is 75.6 Å². The molecule has 1 N–H and O–H groups in total. The Morgan fingerprint density at radius 1 is 1.08 bits per heavy atom. The van der Waals surface area contributed by atoms with Gasteiger partial charge in [0, 0.05) is 16.5 Å². The third-order valence-corrected chi connectivity index (χ3v) is 5.62. The van der Waals surface area contributed by atoms with E-state index in [1.165, 1.54) is 24.3 Å². The Morgan fingerprint density at radius 3 is 2.28 bits per heavy atom. The van der Waals surface area contributed by atoms with Crippen LogP contribution in [-0.2, 0) is 14.6 Å². The molecule has 0 aliphatic carbocycles. The number of hydrogen-bond donors (Lipinski definition) is 1. The van der Waals surface area contributed by atoms with Crippen LogP contribution in [0.25, 0.3) is 0 Å². The molecule has 0 aliphatic heterocycles. The van der Waals surface area contributed by atoms with Crippen LogP contribution < -0.4 is 5.43 Å². The number of Topliss-reactive ketones (excluding diaryl/α,β-unsaturated/α-hetero) is 1. The molecule has 5 nitrogen and oxygen atoms in total. The van der Waals surface area contributed by atoms with Crippen molar-refractivity contribution in [2.45, 2.75) is 25.2 Å².